The highest BCUT2D eigenvalue weighted by Gasteiger charge is 2.42. The highest BCUT2D eigenvalue weighted by Crippen LogP contribution is 2.38. The van der Waals surface area contributed by atoms with Crippen molar-refractivity contribution < 1.29 is 61.3 Å². The Morgan fingerprint density at radius 2 is 0.641 bits per heavy atom. The van der Waals surface area contributed by atoms with Crippen molar-refractivity contribution in [3.05, 3.63) is 297 Å². The fraction of sp³-hybridized carbons (Fsp3) is 0.402. The molecule has 6 aliphatic heterocycles. The lowest BCUT2D eigenvalue weighted by molar-refractivity contribution is 0.0717. The van der Waals surface area contributed by atoms with Gasteiger partial charge in [0.1, 0.15) is 17.1 Å². The van der Waals surface area contributed by atoms with Crippen LogP contribution in [0.15, 0.2) is 277 Å². The van der Waals surface area contributed by atoms with Gasteiger partial charge in [0.2, 0.25) is 50.1 Å². The molecule has 9 heterocycles. The van der Waals surface area contributed by atoms with Gasteiger partial charge < -0.3 is 36.0 Å². The van der Waals surface area contributed by atoms with Gasteiger partial charge in [-0.1, -0.05) is 196 Å². The second-order valence-electron chi connectivity index (χ2n) is 36.5. The van der Waals surface area contributed by atoms with Gasteiger partial charge in [-0.3, -0.25) is 46.6 Å². The third-order valence-electron chi connectivity index (χ3n) is 26.3. The normalized spacial score (nSPS) is 17.7. The Hall–Kier alpha value is -11.9. The summed E-state index contributed by atoms with van der Waals surface area (Å²) in [6.45, 7) is 12.4. The number of hydrogen-bond acceptors (Lipinski definition) is 20. The van der Waals surface area contributed by atoms with E-state index in [0.717, 1.165) is 18.4 Å². The predicted molar refractivity (Wildman–Crippen MR) is 545 cm³/mol. The van der Waals surface area contributed by atoms with Crippen molar-refractivity contribution in [3.63, 3.8) is 0 Å². The van der Waals surface area contributed by atoms with Crippen molar-refractivity contribution in [1.29, 1.82) is 0 Å². The van der Waals surface area contributed by atoms with Crippen LogP contribution in [-0.2, 0) is 69.8 Å². The summed E-state index contributed by atoms with van der Waals surface area (Å²) in [6.07, 6.45) is 5.65. The van der Waals surface area contributed by atoms with Crippen LogP contribution >= 0.6 is 0 Å². The van der Waals surface area contributed by atoms with Gasteiger partial charge in [-0.25, -0.2) is 65.9 Å². The molecule has 3 unspecified atom stereocenters. The van der Waals surface area contributed by atoms with Gasteiger partial charge >= 0.3 is 17.1 Å². The average Bonchev–Trinajstić information content (AvgIpc) is 1.60. The average molecular weight is 2040 g/mol. The monoisotopic (exact) mass is 2030 g/mol. The number of nitrogens with one attached hydrogen (secondary N) is 6. The molecule has 6 fully saturated rings. The standard InChI is InChI=1S/C37H44N6O5S.C34H40N6O6S2.C31H42N6O6S2/c44-35(30-16-7-2-8-17-30)39-21-11-4-12-25-42-34(36(45)40-26-22-38-23-27-40)33(29-14-5-1-6-15-29)43(37(42)46)31-18-13-24-41(28-31)49(47,48)32-19-9-3-10-20-32;41-33(37-24-20-35-21-25-37)32-31(27-12-4-1-5-13-27)40(28-14-10-22-38(26-28)48(45,46)30-17-8-3-9-18-30)34(42)39(32)23-11-19-36-47(43,44)29-15-6-2-7-16-29;1-24(2)23-44(40,41)33-17-21-36-29(30(38)34-19-15-32-16-20-34)28(25-10-5-3-6-11-25)37(31(36)39)26-12-9-18-35(22-26)45(42,43)27-13-7-4-8-14-27/h1-3,5-10,14-17,19-20,31,38H,4,11-13,18,21-28H2,(H,39,44);1-9,12-13,15-18,28,35-36H,10-11,14,19-26H2;3-8,10-11,13-14,24,26,32-33H,9,12,15-23H2,1-2H3. The maximum absolute atomic E-state index is 14.6. The van der Waals surface area contributed by atoms with E-state index >= 15 is 0 Å². The first-order valence-electron chi connectivity index (χ1n) is 48.8. The number of imidazole rings is 3. The number of unbranched alkanes of at least 4 members (excludes halogenated alkanes) is 2. The quantitative estimate of drug-likeness (QED) is 0.0205. The molecule has 40 heteroatoms. The van der Waals surface area contributed by atoms with Crippen LogP contribution in [0.5, 0.6) is 0 Å². The van der Waals surface area contributed by atoms with Crippen LogP contribution in [0.1, 0.15) is 138 Å². The number of rotatable bonds is 34. The lowest BCUT2D eigenvalue weighted by Gasteiger charge is -2.33. The molecule has 11 aromatic rings. The molecular formula is C102H126N18O17S5. The summed E-state index contributed by atoms with van der Waals surface area (Å²) in [7, 11) is -18.8. The van der Waals surface area contributed by atoms with Crippen molar-refractivity contribution in [2.45, 2.75) is 135 Å². The highest BCUT2D eigenvalue weighted by atomic mass is 32.2. The molecule has 35 nitrogen and oxygen atoms in total. The zero-order chi connectivity index (χ0) is 100. The summed E-state index contributed by atoms with van der Waals surface area (Å²) in [5, 5.41) is 12.7. The topological polar surface area (TPSA) is 411 Å². The van der Waals surface area contributed by atoms with Gasteiger partial charge in [0.15, 0.2) is 0 Å². The number of benzene rings is 8. The van der Waals surface area contributed by atoms with Crippen LogP contribution in [0.4, 0.5) is 0 Å². The molecule has 6 saturated heterocycles. The zero-order valence-corrected chi connectivity index (χ0v) is 84.1. The number of carbonyl (C=O) groups excluding carboxylic acids is 4. The summed E-state index contributed by atoms with van der Waals surface area (Å²) in [5.41, 5.74) is 3.60. The van der Waals surface area contributed by atoms with Gasteiger partial charge in [-0.15, -0.1) is 0 Å². The van der Waals surface area contributed by atoms with Gasteiger partial charge in [0, 0.05) is 179 Å². The van der Waals surface area contributed by atoms with Crippen LogP contribution < -0.4 is 47.8 Å². The van der Waals surface area contributed by atoms with Crippen LogP contribution in [-0.4, -0.2) is 264 Å². The van der Waals surface area contributed by atoms with E-state index in [2.05, 4.69) is 30.7 Å². The second kappa shape index (κ2) is 48.0. The summed E-state index contributed by atoms with van der Waals surface area (Å²) < 4.78 is 152. The zero-order valence-electron chi connectivity index (χ0n) is 80.0. The Morgan fingerprint density at radius 3 is 0.972 bits per heavy atom. The minimum Gasteiger partial charge on any atom is -0.352 e. The third-order valence-corrected chi connectivity index (χ3v) is 35.2. The van der Waals surface area contributed by atoms with Gasteiger partial charge in [-0.2, -0.15) is 12.9 Å². The maximum Gasteiger partial charge on any atom is 0.329 e. The van der Waals surface area contributed by atoms with Crippen molar-refractivity contribution in [3.8, 4) is 33.8 Å². The number of carbonyl (C=O) groups is 4. The van der Waals surface area contributed by atoms with Crippen molar-refractivity contribution in [1.82, 2.24) is 85.7 Å². The molecule has 142 heavy (non-hydrogen) atoms. The molecular weight excluding hydrogens is 1910 g/mol. The van der Waals surface area contributed by atoms with Crippen LogP contribution in [0.25, 0.3) is 33.8 Å². The lowest BCUT2D eigenvalue weighted by atomic mass is 10.0. The molecule has 6 N–H and O–H groups in total. The number of hydrogen-bond donors (Lipinski definition) is 6. The number of amides is 4. The Bertz CT molecular complexity index is 6950. The van der Waals surface area contributed by atoms with E-state index in [9.17, 15) is 75.7 Å². The molecule has 0 radical (unpaired) electrons. The van der Waals surface area contributed by atoms with Crippen LogP contribution in [0, 0.1) is 5.92 Å². The molecule has 0 saturated carbocycles. The molecule has 0 aliphatic carbocycles. The number of nitrogens with zero attached hydrogens (tertiary/aromatic N) is 12. The fourth-order valence-electron chi connectivity index (χ4n) is 19.3. The smallest absolute Gasteiger partial charge is 0.329 e. The van der Waals surface area contributed by atoms with Crippen LogP contribution in [0.2, 0.25) is 0 Å². The Kier molecular flexibility index (Phi) is 35.3. The molecule has 0 bridgehead atoms. The lowest BCUT2D eigenvalue weighted by Crippen LogP contribution is -2.47. The van der Waals surface area contributed by atoms with E-state index < -0.39 is 79.6 Å². The Labute approximate surface area is 830 Å². The third kappa shape index (κ3) is 24.8. The predicted octanol–water partition coefficient (Wildman–Crippen LogP) is 8.71. The van der Waals surface area contributed by atoms with E-state index in [-0.39, 0.29) is 124 Å². The molecule has 8 aromatic carbocycles. The molecule has 3 aromatic heterocycles. The maximum atomic E-state index is 14.6. The first-order chi connectivity index (χ1) is 68.5. The molecule has 4 amide bonds. The van der Waals surface area contributed by atoms with Crippen molar-refractivity contribution in [2.75, 3.05) is 143 Å². The molecule has 0 spiro atoms. The van der Waals surface area contributed by atoms with Crippen molar-refractivity contribution in [2.24, 2.45) is 5.92 Å². The Morgan fingerprint density at radius 1 is 0.338 bits per heavy atom. The van der Waals surface area contributed by atoms with E-state index in [1.54, 1.807) is 154 Å². The van der Waals surface area contributed by atoms with E-state index in [1.807, 2.05) is 123 Å². The SMILES string of the molecule is CC(C)CS(=O)(=O)NCCn1c(C(=O)N2CCNCC2)c(-c2ccccc2)n(C2CCCN(S(=O)(=O)c3ccccc3)C2)c1=O.O=C(NCCCCCn1c(C(=O)N2CCNCC2)c(-c2ccccc2)n(C2CCCN(S(=O)(=O)c3ccccc3)C2)c1=O)c1ccccc1.O=C(c1c(-c2ccccc2)n(C2CCCN(S(=O)(=O)c3ccccc3)C2)c(=O)n1CCCNS(=O)(=O)c1ccccc1)N1CCNCC1. The van der Waals surface area contributed by atoms with E-state index in [1.165, 1.54) is 34.2 Å². The van der Waals surface area contributed by atoms with Crippen molar-refractivity contribution >= 4 is 73.7 Å². The Balaban J connectivity index is 0.000000161. The molecule has 6 aliphatic rings. The highest BCUT2D eigenvalue weighted by molar-refractivity contribution is 7.90. The molecule has 17 rings (SSSR count). The molecule has 756 valence electrons. The molecule has 3 atom stereocenters. The number of piperidine rings is 3. The number of piperazine rings is 3. The van der Waals surface area contributed by atoms with Crippen LogP contribution in [0.3, 0.4) is 0 Å². The van der Waals surface area contributed by atoms with Gasteiger partial charge in [-0.05, 0) is 131 Å². The first kappa shape index (κ1) is 104. The summed E-state index contributed by atoms with van der Waals surface area (Å²) >= 11 is 0. The number of aromatic nitrogens is 6. The minimum absolute atomic E-state index is 0.0449. The largest absolute Gasteiger partial charge is 0.352 e. The summed E-state index contributed by atoms with van der Waals surface area (Å²) in [5.74, 6) is -1.07. The first-order valence-corrected chi connectivity index (χ1v) is 56.2. The fourth-order valence-corrected chi connectivity index (χ4v) is 26.4. The van der Waals surface area contributed by atoms with Gasteiger partial charge in [0.05, 0.1) is 60.5 Å². The number of sulfonamides is 5. The summed E-state index contributed by atoms with van der Waals surface area (Å²) in [4.78, 5) is 105. The minimum atomic E-state index is -3.82. The second-order valence-corrected chi connectivity index (χ2v) is 45.9. The van der Waals surface area contributed by atoms with Gasteiger partial charge in [0.25, 0.3) is 23.6 Å². The van der Waals surface area contributed by atoms with E-state index in [4.69, 9.17) is 0 Å². The summed E-state index contributed by atoms with van der Waals surface area (Å²) in [6, 6.07) is 68.3. The van der Waals surface area contributed by atoms with E-state index in [0.29, 0.717) is 196 Å².